The van der Waals surface area contributed by atoms with Crippen LogP contribution in [0.1, 0.15) is 11.1 Å². The SMILES string of the molecule is NCOc1ccc(N(Cc2ccccc2)Cc2ccccc2)cc1. The third-order valence-corrected chi connectivity index (χ3v) is 3.88. The fourth-order valence-corrected chi connectivity index (χ4v) is 2.70. The summed E-state index contributed by atoms with van der Waals surface area (Å²) < 4.78 is 5.34. The summed E-state index contributed by atoms with van der Waals surface area (Å²) in [6.45, 7) is 1.90. The highest BCUT2D eigenvalue weighted by atomic mass is 16.5. The minimum Gasteiger partial charge on any atom is -0.479 e. The second-order valence-corrected chi connectivity index (χ2v) is 5.63. The van der Waals surface area contributed by atoms with E-state index in [0.29, 0.717) is 0 Å². The highest BCUT2D eigenvalue weighted by Gasteiger charge is 2.09. The molecular formula is C21H22N2O. The Morgan fingerprint density at radius 1 is 0.667 bits per heavy atom. The van der Waals surface area contributed by atoms with Gasteiger partial charge in [-0.05, 0) is 35.4 Å². The Balaban J connectivity index is 1.83. The summed E-state index contributed by atoms with van der Waals surface area (Å²) in [5.41, 5.74) is 9.16. The van der Waals surface area contributed by atoms with Gasteiger partial charge < -0.3 is 9.64 Å². The molecule has 0 heterocycles. The molecule has 3 nitrogen and oxygen atoms in total. The van der Waals surface area contributed by atoms with Gasteiger partial charge in [-0.25, -0.2) is 0 Å². The molecule has 3 aromatic rings. The van der Waals surface area contributed by atoms with Gasteiger partial charge in [-0.3, -0.25) is 5.73 Å². The van der Waals surface area contributed by atoms with Crippen LogP contribution in [-0.2, 0) is 13.1 Å². The zero-order valence-electron chi connectivity index (χ0n) is 13.6. The first-order chi connectivity index (χ1) is 11.8. The molecule has 3 rings (SSSR count). The lowest BCUT2D eigenvalue weighted by atomic mass is 10.1. The molecule has 0 aliphatic carbocycles. The summed E-state index contributed by atoms with van der Waals surface area (Å²) in [4.78, 5) is 2.36. The van der Waals surface area contributed by atoms with Crippen molar-refractivity contribution in [2.75, 3.05) is 11.6 Å². The maximum absolute atomic E-state index is 5.43. The van der Waals surface area contributed by atoms with E-state index in [-0.39, 0.29) is 6.73 Å². The first kappa shape index (κ1) is 16.1. The molecule has 0 aromatic heterocycles. The number of rotatable bonds is 7. The third kappa shape index (κ3) is 4.37. The maximum Gasteiger partial charge on any atom is 0.137 e. The van der Waals surface area contributed by atoms with Crippen molar-refractivity contribution in [2.45, 2.75) is 13.1 Å². The number of hydrogen-bond acceptors (Lipinski definition) is 3. The van der Waals surface area contributed by atoms with Crippen LogP contribution in [-0.4, -0.2) is 6.73 Å². The number of nitrogens with two attached hydrogens (primary N) is 1. The Labute approximate surface area is 143 Å². The third-order valence-electron chi connectivity index (χ3n) is 3.88. The van der Waals surface area contributed by atoms with Gasteiger partial charge in [0.25, 0.3) is 0 Å². The second kappa shape index (κ2) is 8.18. The molecular weight excluding hydrogens is 296 g/mol. The van der Waals surface area contributed by atoms with E-state index in [0.717, 1.165) is 24.5 Å². The minimum absolute atomic E-state index is 0.192. The lowest BCUT2D eigenvalue weighted by molar-refractivity contribution is 0.329. The van der Waals surface area contributed by atoms with Gasteiger partial charge in [-0.1, -0.05) is 60.7 Å². The van der Waals surface area contributed by atoms with Crippen LogP contribution in [0.25, 0.3) is 0 Å². The fourth-order valence-electron chi connectivity index (χ4n) is 2.70. The average molecular weight is 318 g/mol. The molecule has 0 radical (unpaired) electrons. The summed E-state index contributed by atoms with van der Waals surface area (Å²) >= 11 is 0. The van der Waals surface area contributed by atoms with Crippen molar-refractivity contribution >= 4 is 5.69 Å². The van der Waals surface area contributed by atoms with Crippen molar-refractivity contribution in [3.05, 3.63) is 96.1 Å². The van der Waals surface area contributed by atoms with Gasteiger partial charge in [0.05, 0.1) is 0 Å². The number of ether oxygens (including phenoxy) is 1. The molecule has 0 fully saturated rings. The lowest BCUT2D eigenvalue weighted by Crippen LogP contribution is -2.22. The second-order valence-electron chi connectivity index (χ2n) is 5.63. The van der Waals surface area contributed by atoms with E-state index in [1.54, 1.807) is 0 Å². The van der Waals surface area contributed by atoms with Crippen LogP contribution in [0.3, 0.4) is 0 Å². The predicted octanol–water partition coefficient (Wildman–Crippen LogP) is 4.19. The molecule has 0 saturated heterocycles. The van der Waals surface area contributed by atoms with Crippen LogP contribution in [0, 0.1) is 0 Å². The Morgan fingerprint density at radius 2 is 1.17 bits per heavy atom. The van der Waals surface area contributed by atoms with Crippen molar-refractivity contribution in [1.29, 1.82) is 0 Å². The minimum atomic E-state index is 0.192. The average Bonchev–Trinajstić information content (AvgIpc) is 2.64. The summed E-state index contributed by atoms with van der Waals surface area (Å²) in [7, 11) is 0. The Hall–Kier alpha value is -2.78. The van der Waals surface area contributed by atoms with Crippen molar-refractivity contribution < 1.29 is 4.74 Å². The van der Waals surface area contributed by atoms with Crippen molar-refractivity contribution in [2.24, 2.45) is 5.73 Å². The first-order valence-corrected chi connectivity index (χ1v) is 8.11. The van der Waals surface area contributed by atoms with Crippen LogP contribution >= 0.6 is 0 Å². The van der Waals surface area contributed by atoms with E-state index in [1.165, 1.54) is 11.1 Å². The monoisotopic (exact) mass is 318 g/mol. The van der Waals surface area contributed by atoms with Crippen molar-refractivity contribution in [3.63, 3.8) is 0 Å². The van der Waals surface area contributed by atoms with E-state index in [2.05, 4.69) is 65.6 Å². The highest BCUT2D eigenvalue weighted by Crippen LogP contribution is 2.23. The Kier molecular flexibility index (Phi) is 5.48. The lowest BCUT2D eigenvalue weighted by Gasteiger charge is -2.25. The van der Waals surface area contributed by atoms with Gasteiger partial charge >= 0.3 is 0 Å². The van der Waals surface area contributed by atoms with E-state index < -0.39 is 0 Å². The molecule has 3 heteroatoms. The van der Waals surface area contributed by atoms with E-state index in [4.69, 9.17) is 10.5 Å². The topological polar surface area (TPSA) is 38.5 Å². The van der Waals surface area contributed by atoms with Crippen molar-refractivity contribution in [1.82, 2.24) is 0 Å². The molecule has 0 amide bonds. The summed E-state index contributed by atoms with van der Waals surface area (Å²) in [6, 6.07) is 29.1. The number of nitrogens with zero attached hydrogens (tertiary/aromatic N) is 1. The fraction of sp³-hybridized carbons (Fsp3) is 0.143. The summed E-state index contributed by atoms with van der Waals surface area (Å²) in [5.74, 6) is 0.792. The predicted molar refractivity (Wildman–Crippen MR) is 98.9 cm³/mol. The van der Waals surface area contributed by atoms with Crippen molar-refractivity contribution in [3.8, 4) is 5.75 Å². The Morgan fingerprint density at radius 3 is 1.62 bits per heavy atom. The highest BCUT2D eigenvalue weighted by molar-refractivity contribution is 5.50. The summed E-state index contributed by atoms with van der Waals surface area (Å²) in [5, 5.41) is 0. The van der Waals surface area contributed by atoms with Crippen LogP contribution < -0.4 is 15.4 Å². The molecule has 0 saturated carbocycles. The molecule has 0 aliphatic heterocycles. The van der Waals surface area contributed by atoms with Gasteiger partial charge in [-0.15, -0.1) is 0 Å². The molecule has 2 N–H and O–H groups in total. The molecule has 24 heavy (non-hydrogen) atoms. The van der Waals surface area contributed by atoms with E-state index in [9.17, 15) is 0 Å². The van der Waals surface area contributed by atoms with Crippen LogP contribution in [0.2, 0.25) is 0 Å². The van der Waals surface area contributed by atoms with E-state index in [1.807, 2.05) is 24.3 Å². The zero-order chi connectivity index (χ0) is 16.6. The number of hydrogen-bond donors (Lipinski definition) is 1. The van der Waals surface area contributed by atoms with Crippen LogP contribution in [0.15, 0.2) is 84.9 Å². The quantitative estimate of drug-likeness (QED) is 0.664. The zero-order valence-corrected chi connectivity index (χ0v) is 13.6. The van der Waals surface area contributed by atoms with Gasteiger partial charge in [0.15, 0.2) is 0 Å². The normalized spacial score (nSPS) is 10.4. The first-order valence-electron chi connectivity index (χ1n) is 8.11. The number of benzene rings is 3. The van der Waals surface area contributed by atoms with Gasteiger partial charge in [0.1, 0.15) is 12.5 Å². The van der Waals surface area contributed by atoms with Crippen LogP contribution in [0.4, 0.5) is 5.69 Å². The largest absolute Gasteiger partial charge is 0.479 e. The smallest absolute Gasteiger partial charge is 0.137 e. The molecule has 0 bridgehead atoms. The molecule has 0 spiro atoms. The molecule has 0 aliphatic rings. The maximum atomic E-state index is 5.43. The Bertz CT molecular complexity index is 685. The van der Waals surface area contributed by atoms with Gasteiger partial charge in [0.2, 0.25) is 0 Å². The standard InChI is InChI=1S/C21H22N2O/c22-17-24-21-13-11-20(12-14-21)23(15-18-7-3-1-4-8-18)16-19-9-5-2-6-10-19/h1-14H,15-17,22H2. The molecule has 3 aromatic carbocycles. The number of anilines is 1. The summed E-state index contributed by atoms with van der Waals surface area (Å²) in [6.07, 6.45) is 0. The molecule has 0 unspecified atom stereocenters. The van der Waals surface area contributed by atoms with E-state index >= 15 is 0 Å². The molecule has 122 valence electrons. The van der Waals surface area contributed by atoms with Gasteiger partial charge in [-0.2, -0.15) is 0 Å². The van der Waals surface area contributed by atoms with Crippen LogP contribution in [0.5, 0.6) is 5.75 Å². The molecule has 0 atom stereocenters. The van der Waals surface area contributed by atoms with Gasteiger partial charge in [0, 0.05) is 18.8 Å².